The van der Waals surface area contributed by atoms with Crippen molar-refractivity contribution < 1.29 is 27.1 Å². The number of hydrogen-bond acceptors (Lipinski definition) is 1. The zero-order chi connectivity index (χ0) is 15.0. The van der Waals surface area contributed by atoms with Crippen LogP contribution in [0.2, 0.25) is 0 Å². The number of phenols is 1. The summed E-state index contributed by atoms with van der Waals surface area (Å²) in [5.74, 6) is -8.40. The van der Waals surface area contributed by atoms with Crippen LogP contribution in [0.4, 0.5) is 22.0 Å². The summed E-state index contributed by atoms with van der Waals surface area (Å²) in [6.07, 6.45) is -2.01. The van der Waals surface area contributed by atoms with Crippen molar-refractivity contribution in [2.45, 2.75) is 13.1 Å². The summed E-state index contributed by atoms with van der Waals surface area (Å²) in [5, 5.41) is 9.71. The van der Waals surface area contributed by atoms with E-state index in [1.807, 2.05) is 0 Å². The fraction of sp³-hybridized carbons (Fsp3) is 0.143. The van der Waals surface area contributed by atoms with Crippen molar-refractivity contribution in [1.29, 1.82) is 0 Å². The van der Waals surface area contributed by atoms with Crippen molar-refractivity contribution in [3.63, 3.8) is 0 Å². The average Bonchev–Trinajstić information content (AvgIpc) is 2.43. The van der Waals surface area contributed by atoms with Gasteiger partial charge in [0.05, 0.1) is 0 Å². The SMILES string of the molecule is Cc1cccc(C=C2C(F)=C(F)C(F)=C(F)C2F)c1O. The predicted molar refractivity (Wildman–Crippen MR) is 64.2 cm³/mol. The van der Waals surface area contributed by atoms with Gasteiger partial charge in [-0.25, -0.2) is 22.0 Å². The van der Waals surface area contributed by atoms with E-state index in [1.54, 1.807) is 0 Å². The van der Waals surface area contributed by atoms with Crippen LogP contribution in [0.1, 0.15) is 11.1 Å². The van der Waals surface area contributed by atoms with Crippen LogP contribution in [0.25, 0.3) is 6.08 Å². The van der Waals surface area contributed by atoms with Crippen LogP contribution in [-0.4, -0.2) is 11.3 Å². The maximum absolute atomic E-state index is 13.6. The Morgan fingerprint density at radius 3 is 2.35 bits per heavy atom. The number of phenolic OH excluding ortho intramolecular Hbond substituents is 1. The summed E-state index contributed by atoms with van der Waals surface area (Å²) in [6, 6.07) is 4.33. The van der Waals surface area contributed by atoms with Gasteiger partial charge in [-0.3, -0.25) is 0 Å². The van der Waals surface area contributed by atoms with Crippen molar-refractivity contribution in [2.75, 3.05) is 0 Å². The van der Waals surface area contributed by atoms with E-state index in [-0.39, 0.29) is 11.3 Å². The van der Waals surface area contributed by atoms with Gasteiger partial charge in [0.25, 0.3) is 0 Å². The first-order chi connectivity index (χ1) is 9.34. The topological polar surface area (TPSA) is 20.2 Å². The van der Waals surface area contributed by atoms with Gasteiger partial charge in [0, 0.05) is 11.1 Å². The molecular weight excluding hydrogens is 279 g/mol. The molecule has 20 heavy (non-hydrogen) atoms. The summed E-state index contributed by atoms with van der Waals surface area (Å²) >= 11 is 0. The third kappa shape index (κ3) is 2.21. The van der Waals surface area contributed by atoms with Crippen molar-refractivity contribution in [3.8, 4) is 5.75 Å². The smallest absolute Gasteiger partial charge is 0.197 e. The summed E-state index contributed by atoms with van der Waals surface area (Å²) in [7, 11) is 0. The molecule has 1 aromatic rings. The van der Waals surface area contributed by atoms with Gasteiger partial charge in [0.15, 0.2) is 29.5 Å². The number of allylic oxidation sites excluding steroid dienone is 5. The Morgan fingerprint density at radius 2 is 1.70 bits per heavy atom. The molecule has 106 valence electrons. The molecule has 0 radical (unpaired) electrons. The monoisotopic (exact) mass is 288 g/mol. The molecule has 0 bridgehead atoms. The maximum atomic E-state index is 13.6. The molecule has 1 unspecified atom stereocenters. The van der Waals surface area contributed by atoms with Crippen LogP contribution in [0, 0.1) is 6.92 Å². The first-order valence-corrected chi connectivity index (χ1v) is 5.60. The lowest BCUT2D eigenvalue weighted by molar-refractivity contribution is 0.323. The summed E-state index contributed by atoms with van der Waals surface area (Å²) in [4.78, 5) is 0. The second kappa shape index (κ2) is 5.11. The number of alkyl halides is 1. The molecule has 1 N–H and O–H groups in total. The number of aromatic hydroxyl groups is 1. The Morgan fingerprint density at radius 1 is 1.05 bits per heavy atom. The van der Waals surface area contributed by atoms with Gasteiger partial charge < -0.3 is 5.11 Å². The fourth-order valence-corrected chi connectivity index (χ4v) is 1.79. The van der Waals surface area contributed by atoms with Gasteiger partial charge in [-0.1, -0.05) is 18.2 Å². The van der Waals surface area contributed by atoms with Gasteiger partial charge >= 0.3 is 0 Å². The fourth-order valence-electron chi connectivity index (χ4n) is 1.79. The summed E-state index contributed by atoms with van der Waals surface area (Å²) < 4.78 is 66.1. The lowest BCUT2D eigenvalue weighted by Crippen LogP contribution is -2.13. The van der Waals surface area contributed by atoms with Crippen molar-refractivity contribution in [2.24, 2.45) is 0 Å². The largest absolute Gasteiger partial charge is 0.507 e. The second-order valence-electron chi connectivity index (χ2n) is 4.26. The van der Waals surface area contributed by atoms with Gasteiger partial charge in [0.1, 0.15) is 5.75 Å². The molecule has 0 heterocycles. The Balaban J connectivity index is 2.58. The summed E-state index contributed by atoms with van der Waals surface area (Å²) in [5.41, 5.74) is -0.624. The predicted octanol–water partition coefficient (Wildman–Crippen LogP) is 4.74. The Bertz CT molecular complexity index is 658. The third-order valence-corrected chi connectivity index (χ3v) is 2.92. The summed E-state index contributed by atoms with van der Waals surface area (Å²) in [6.45, 7) is 1.54. The number of aryl methyl sites for hydroxylation is 1. The van der Waals surface area contributed by atoms with E-state index in [0.717, 1.165) is 6.08 Å². The first-order valence-electron chi connectivity index (χ1n) is 5.60. The Labute approximate surface area is 111 Å². The van der Waals surface area contributed by atoms with Crippen LogP contribution in [0.5, 0.6) is 5.75 Å². The van der Waals surface area contributed by atoms with E-state index in [2.05, 4.69) is 0 Å². The molecule has 6 heteroatoms. The van der Waals surface area contributed by atoms with Gasteiger partial charge in [-0.05, 0) is 18.6 Å². The molecule has 1 nitrogen and oxygen atoms in total. The zero-order valence-corrected chi connectivity index (χ0v) is 10.2. The normalized spacial score (nSPS) is 21.9. The Kier molecular flexibility index (Phi) is 3.65. The van der Waals surface area contributed by atoms with Crippen LogP contribution < -0.4 is 0 Å². The molecule has 2 rings (SSSR count). The molecule has 0 amide bonds. The van der Waals surface area contributed by atoms with E-state index in [9.17, 15) is 27.1 Å². The second-order valence-corrected chi connectivity index (χ2v) is 4.26. The average molecular weight is 288 g/mol. The minimum Gasteiger partial charge on any atom is -0.507 e. The van der Waals surface area contributed by atoms with Crippen LogP contribution in [-0.2, 0) is 0 Å². The molecule has 0 fully saturated rings. The van der Waals surface area contributed by atoms with Gasteiger partial charge in [0.2, 0.25) is 0 Å². The van der Waals surface area contributed by atoms with E-state index in [1.165, 1.54) is 25.1 Å². The lowest BCUT2D eigenvalue weighted by Gasteiger charge is -2.16. The highest BCUT2D eigenvalue weighted by Crippen LogP contribution is 2.40. The highest BCUT2D eigenvalue weighted by molar-refractivity contribution is 5.67. The molecule has 1 aliphatic carbocycles. The number of para-hydroxylation sites is 1. The van der Waals surface area contributed by atoms with Crippen LogP contribution in [0.15, 0.2) is 47.1 Å². The number of hydrogen-bond donors (Lipinski definition) is 1. The number of rotatable bonds is 1. The van der Waals surface area contributed by atoms with Gasteiger partial charge in [-0.2, -0.15) is 0 Å². The molecule has 0 aliphatic heterocycles. The van der Waals surface area contributed by atoms with E-state index >= 15 is 0 Å². The number of halogens is 5. The Hall–Kier alpha value is -2.11. The number of benzene rings is 1. The third-order valence-electron chi connectivity index (χ3n) is 2.92. The van der Waals surface area contributed by atoms with Crippen molar-refractivity contribution >= 4 is 6.08 Å². The van der Waals surface area contributed by atoms with Crippen molar-refractivity contribution in [1.82, 2.24) is 0 Å². The molecule has 0 spiro atoms. The molecule has 0 saturated heterocycles. The quantitative estimate of drug-likeness (QED) is 0.740. The molecule has 0 saturated carbocycles. The van der Waals surface area contributed by atoms with E-state index < -0.39 is 35.1 Å². The van der Waals surface area contributed by atoms with E-state index in [4.69, 9.17) is 0 Å². The molecule has 1 atom stereocenters. The van der Waals surface area contributed by atoms with Crippen LogP contribution >= 0.6 is 0 Å². The minimum absolute atomic E-state index is 0.0271. The lowest BCUT2D eigenvalue weighted by atomic mass is 9.98. The molecular formula is C14H9F5O. The standard InChI is InChI=1S/C14H9F5O/c1-6-3-2-4-7(14(6)20)5-8-9(15)11(17)13(19)12(18)10(8)16/h2-5,9,20H,1H3. The van der Waals surface area contributed by atoms with Gasteiger partial charge in [-0.15, -0.1) is 0 Å². The van der Waals surface area contributed by atoms with Crippen molar-refractivity contribution in [3.05, 3.63) is 58.2 Å². The van der Waals surface area contributed by atoms with Crippen LogP contribution in [0.3, 0.4) is 0 Å². The first kappa shape index (κ1) is 14.3. The molecule has 1 aliphatic rings. The highest BCUT2D eigenvalue weighted by Gasteiger charge is 2.35. The zero-order valence-electron chi connectivity index (χ0n) is 10.2. The molecule has 1 aromatic carbocycles. The maximum Gasteiger partial charge on any atom is 0.197 e. The minimum atomic E-state index is -2.76. The molecule has 0 aromatic heterocycles. The highest BCUT2D eigenvalue weighted by atomic mass is 19.2. The van der Waals surface area contributed by atoms with E-state index in [0.29, 0.717) is 5.56 Å².